The summed E-state index contributed by atoms with van der Waals surface area (Å²) in [6, 6.07) is 7.76. The molecule has 1 heterocycles. The Bertz CT molecular complexity index is 664. The van der Waals surface area contributed by atoms with E-state index in [4.69, 9.17) is 0 Å². The summed E-state index contributed by atoms with van der Waals surface area (Å²) in [6.45, 7) is 3.98. The number of carbonyl (C=O) groups excluding carboxylic acids is 1. The van der Waals surface area contributed by atoms with Crippen molar-refractivity contribution in [3.63, 3.8) is 0 Å². The second kappa shape index (κ2) is 5.07. The third-order valence-corrected chi connectivity index (χ3v) is 3.24. The van der Waals surface area contributed by atoms with Crippen LogP contribution < -0.4 is 0 Å². The molecule has 0 N–H and O–H groups in total. The van der Waals surface area contributed by atoms with Crippen molar-refractivity contribution in [2.45, 2.75) is 19.8 Å². The van der Waals surface area contributed by atoms with Crippen LogP contribution in [-0.4, -0.2) is 15.6 Å². The Kier molecular flexibility index (Phi) is 3.48. The van der Waals surface area contributed by atoms with E-state index in [1.54, 1.807) is 17.9 Å². The summed E-state index contributed by atoms with van der Waals surface area (Å²) in [7, 11) is 1.74. The Labute approximate surface area is 112 Å². The van der Waals surface area contributed by atoms with Crippen molar-refractivity contribution in [3.8, 4) is 6.07 Å². The van der Waals surface area contributed by atoms with E-state index in [1.807, 2.05) is 32.0 Å². The number of hydrogen-bond acceptors (Lipinski definition) is 3. The third kappa shape index (κ3) is 2.55. The predicted octanol–water partition coefficient (Wildman–Crippen LogP) is 2.53. The zero-order valence-electron chi connectivity index (χ0n) is 11.2. The molecule has 1 atom stereocenters. The van der Waals surface area contributed by atoms with Crippen LogP contribution in [0.3, 0.4) is 0 Å². The van der Waals surface area contributed by atoms with Crippen molar-refractivity contribution in [2.75, 3.05) is 0 Å². The van der Waals surface area contributed by atoms with Crippen LogP contribution in [0.15, 0.2) is 30.6 Å². The molecule has 1 aromatic heterocycles. The molecule has 0 radical (unpaired) electrons. The highest BCUT2D eigenvalue weighted by Gasteiger charge is 2.23. The van der Waals surface area contributed by atoms with Gasteiger partial charge in [-0.1, -0.05) is 18.2 Å². The van der Waals surface area contributed by atoms with Gasteiger partial charge in [0, 0.05) is 13.2 Å². The van der Waals surface area contributed by atoms with Gasteiger partial charge in [-0.2, -0.15) is 10.4 Å². The van der Waals surface area contributed by atoms with E-state index in [1.165, 1.54) is 6.20 Å². The molecule has 0 saturated carbocycles. The van der Waals surface area contributed by atoms with Gasteiger partial charge in [0.15, 0.2) is 5.78 Å². The van der Waals surface area contributed by atoms with Crippen LogP contribution in [-0.2, 0) is 7.05 Å². The monoisotopic (exact) mass is 253 g/mol. The van der Waals surface area contributed by atoms with Crippen LogP contribution in [0, 0.1) is 25.2 Å². The Morgan fingerprint density at radius 2 is 2.11 bits per heavy atom. The number of aromatic nitrogens is 2. The molecule has 4 heteroatoms. The Morgan fingerprint density at radius 3 is 2.63 bits per heavy atom. The molecule has 96 valence electrons. The van der Waals surface area contributed by atoms with Gasteiger partial charge in [0.05, 0.1) is 17.8 Å². The molecule has 0 saturated heterocycles. The largest absolute Gasteiger partial charge is 0.292 e. The molecule has 2 aromatic rings. The molecule has 19 heavy (non-hydrogen) atoms. The van der Waals surface area contributed by atoms with Gasteiger partial charge >= 0.3 is 0 Å². The normalized spacial score (nSPS) is 11.9. The lowest BCUT2D eigenvalue weighted by Gasteiger charge is -2.09. The van der Waals surface area contributed by atoms with Crippen LogP contribution in [0.4, 0.5) is 0 Å². The van der Waals surface area contributed by atoms with Crippen LogP contribution in [0.2, 0.25) is 0 Å². The number of benzene rings is 1. The van der Waals surface area contributed by atoms with E-state index in [0.29, 0.717) is 5.56 Å². The van der Waals surface area contributed by atoms with E-state index < -0.39 is 5.92 Å². The standard InChI is InChI=1S/C15H15N3O/c1-10-4-5-12(6-11(10)2)14(7-16)15(19)13-8-17-18(3)9-13/h4-6,8-9,14H,1-3H3. The topological polar surface area (TPSA) is 58.7 Å². The van der Waals surface area contributed by atoms with Crippen molar-refractivity contribution < 1.29 is 4.79 Å². The highest BCUT2D eigenvalue weighted by atomic mass is 16.1. The van der Waals surface area contributed by atoms with Crippen molar-refractivity contribution in [2.24, 2.45) is 7.05 Å². The summed E-state index contributed by atoms with van der Waals surface area (Å²) in [4.78, 5) is 12.3. The van der Waals surface area contributed by atoms with Gasteiger partial charge in [-0.25, -0.2) is 0 Å². The Balaban J connectivity index is 2.37. The second-order valence-corrected chi connectivity index (χ2v) is 4.67. The van der Waals surface area contributed by atoms with Gasteiger partial charge in [0.1, 0.15) is 5.92 Å². The van der Waals surface area contributed by atoms with Crippen molar-refractivity contribution >= 4 is 5.78 Å². The minimum atomic E-state index is -0.775. The molecule has 0 spiro atoms. The quantitative estimate of drug-likeness (QED) is 0.790. The molecule has 0 aliphatic rings. The van der Waals surface area contributed by atoms with Gasteiger partial charge in [-0.3, -0.25) is 9.48 Å². The average Bonchev–Trinajstić information content (AvgIpc) is 2.81. The Hall–Kier alpha value is -2.41. The maximum atomic E-state index is 12.3. The molecule has 0 amide bonds. The number of aryl methyl sites for hydroxylation is 3. The molecular weight excluding hydrogens is 238 g/mol. The molecule has 0 aliphatic carbocycles. The van der Waals surface area contributed by atoms with Gasteiger partial charge in [0.2, 0.25) is 0 Å². The van der Waals surface area contributed by atoms with Crippen molar-refractivity contribution in [3.05, 3.63) is 52.8 Å². The highest BCUT2D eigenvalue weighted by molar-refractivity contribution is 6.02. The molecule has 4 nitrogen and oxygen atoms in total. The zero-order chi connectivity index (χ0) is 14.0. The molecule has 0 bridgehead atoms. The highest BCUT2D eigenvalue weighted by Crippen LogP contribution is 2.22. The number of nitrogens with zero attached hydrogens (tertiary/aromatic N) is 3. The van der Waals surface area contributed by atoms with E-state index in [0.717, 1.165) is 16.7 Å². The number of rotatable bonds is 3. The molecular formula is C15H15N3O. The summed E-state index contributed by atoms with van der Waals surface area (Å²) >= 11 is 0. The predicted molar refractivity (Wildman–Crippen MR) is 71.8 cm³/mol. The minimum absolute atomic E-state index is 0.209. The lowest BCUT2D eigenvalue weighted by atomic mass is 9.91. The third-order valence-electron chi connectivity index (χ3n) is 3.24. The van der Waals surface area contributed by atoms with Crippen LogP contribution in [0.1, 0.15) is 33.0 Å². The maximum absolute atomic E-state index is 12.3. The number of hydrogen-bond donors (Lipinski definition) is 0. The first-order valence-electron chi connectivity index (χ1n) is 6.02. The average molecular weight is 253 g/mol. The minimum Gasteiger partial charge on any atom is -0.292 e. The smallest absolute Gasteiger partial charge is 0.187 e. The second-order valence-electron chi connectivity index (χ2n) is 4.67. The molecule has 0 aliphatic heterocycles. The summed E-state index contributed by atoms with van der Waals surface area (Å²) in [5, 5.41) is 13.2. The summed E-state index contributed by atoms with van der Waals surface area (Å²) in [5.74, 6) is -0.984. The Morgan fingerprint density at radius 1 is 1.37 bits per heavy atom. The zero-order valence-corrected chi connectivity index (χ0v) is 11.2. The van der Waals surface area contributed by atoms with Crippen LogP contribution in [0.5, 0.6) is 0 Å². The van der Waals surface area contributed by atoms with Crippen molar-refractivity contribution in [1.29, 1.82) is 5.26 Å². The first kappa shape index (κ1) is 13.0. The van der Waals surface area contributed by atoms with E-state index in [2.05, 4.69) is 11.2 Å². The van der Waals surface area contributed by atoms with Crippen LogP contribution in [0.25, 0.3) is 0 Å². The van der Waals surface area contributed by atoms with E-state index in [9.17, 15) is 10.1 Å². The van der Waals surface area contributed by atoms with Gasteiger partial charge in [-0.15, -0.1) is 0 Å². The number of Topliss-reactive ketones (excluding diaryl/α,β-unsaturated/α-hetero) is 1. The van der Waals surface area contributed by atoms with Gasteiger partial charge in [0.25, 0.3) is 0 Å². The lowest BCUT2D eigenvalue weighted by molar-refractivity contribution is 0.0979. The van der Waals surface area contributed by atoms with E-state index >= 15 is 0 Å². The maximum Gasteiger partial charge on any atom is 0.187 e. The number of carbonyl (C=O) groups is 1. The molecule has 1 aromatic carbocycles. The van der Waals surface area contributed by atoms with E-state index in [-0.39, 0.29) is 5.78 Å². The summed E-state index contributed by atoms with van der Waals surface area (Å²) in [6.07, 6.45) is 3.13. The number of ketones is 1. The fourth-order valence-corrected chi connectivity index (χ4v) is 1.94. The first-order valence-corrected chi connectivity index (χ1v) is 6.02. The summed E-state index contributed by atoms with van der Waals surface area (Å²) < 4.78 is 1.56. The van der Waals surface area contributed by atoms with Crippen molar-refractivity contribution in [1.82, 2.24) is 9.78 Å². The fraction of sp³-hybridized carbons (Fsp3) is 0.267. The van der Waals surface area contributed by atoms with Crippen LogP contribution >= 0.6 is 0 Å². The molecule has 1 unspecified atom stereocenters. The fourth-order valence-electron chi connectivity index (χ4n) is 1.94. The SMILES string of the molecule is Cc1ccc(C(C#N)C(=O)c2cnn(C)c2)cc1C. The van der Waals surface area contributed by atoms with Gasteiger partial charge in [-0.05, 0) is 30.5 Å². The summed E-state index contributed by atoms with van der Waals surface area (Å²) in [5.41, 5.74) is 3.43. The lowest BCUT2D eigenvalue weighted by Crippen LogP contribution is -2.11. The molecule has 2 rings (SSSR count). The molecule has 0 fully saturated rings. The first-order chi connectivity index (χ1) is 9.02. The van der Waals surface area contributed by atoms with Gasteiger partial charge < -0.3 is 0 Å². The number of nitriles is 1.